The summed E-state index contributed by atoms with van der Waals surface area (Å²) >= 11 is 0. The number of hydrogen-bond acceptors (Lipinski definition) is 8. The Labute approximate surface area is 215 Å². The molecule has 1 saturated heterocycles. The van der Waals surface area contributed by atoms with E-state index in [1.807, 2.05) is 30.3 Å². The third kappa shape index (κ3) is 6.92. The molecule has 2 aromatic heterocycles. The largest absolute Gasteiger partial charge is 0.508 e. The summed E-state index contributed by atoms with van der Waals surface area (Å²) < 4.78 is 35.4. The van der Waals surface area contributed by atoms with Crippen LogP contribution >= 0.6 is 0 Å². The summed E-state index contributed by atoms with van der Waals surface area (Å²) in [5.74, 6) is -0.723. The highest BCUT2D eigenvalue weighted by molar-refractivity contribution is 7.89. The van der Waals surface area contributed by atoms with Crippen molar-refractivity contribution in [3.8, 4) is 5.75 Å². The molecule has 12 heteroatoms. The number of amides is 1. The number of carbonyl (C=O) groups is 1. The van der Waals surface area contributed by atoms with Crippen molar-refractivity contribution in [1.29, 1.82) is 0 Å². The van der Waals surface area contributed by atoms with E-state index < -0.39 is 28.1 Å². The van der Waals surface area contributed by atoms with Gasteiger partial charge in [-0.1, -0.05) is 30.3 Å². The Hall–Kier alpha value is -3.32. The Balaban J connectivity index is 1.59. The molecule has 1 aliphatic heterocycles. The Morgan fingerprint density at radius 3 is 2.70 bits per heavy atom. The maximum atomic E-state index is 13.5. The smallest absolute Gasteiger partial charge is 0.270 e. The van der Waals surface area contributed by atoms with Gasteiger partial charge in [0, 0.05) is 45.2 Å². The van der Waals surface area contributed by atoms with Crippen LogP contribution in [0.4, 0.5) is 0 Å². The van der Waals surface area contributed by atoms with Crippen LogP contribution < -0.4 is 5.32 Å². The first kappa shape index (κ1) is 26.7. The van der Waals surface area contributed by atoms with Crippen LogP contribution in [0.2, 0.25) is 0 Å². The number of nitrogens with one attached hydrogen (secondary N) is 1. The van der Waals surface area contributed by atoms with Gasteiger partial charge < -0.3 is 24.8 Å². The van der Waals surface area contributed by atoms with E-state index in [0.29, 0.717) is 13.0 Å². The number of aromatic hydroxyl groups is 1. The van der Waals surface area contributed by atoms with Crippen molar-refractivity contribution in [2.24, 2.45) is 7.05 Å². The topological polar surface area (TPSA) is 147 Å². The molecule has 11 nitrogen and oxygen atoms in total. The van der Waals surface area contributed by atoms with E-state index in [1.165, 1.54) is 39.7 Å². The van der Waals surface area contributed by atoms with E-state index >= 15 is 0 Å². The average Bonchev–Trinajstić information content (AvgIpc) is 3.56. The SMILES string of the molecule is Cn1cnc(S(=O)(=O)N(CC(O)C(Cc2ccccc2)NC(=O)c2cc(O)ccn2)C[C@H]2CCCO2)c1. The molecule has 0 radical (unpaired) electrons. The Kier molecular flexibility index (Phi) is 8.54. The molecule has 37 heavy (non-hydrogen) atoms. The second-order valence-corrected chi connectivity index (χ2v) is 11.0. The first-order valence-electron chi connectivity index (χ1n) is 12.0. The van der Waals surface area contributed by atoms with Gasteiger partial charge >= 0.3 is 0 Å². The number of aryl methyl sites for hydroxylation is 1. The third-order valence-corrected chi connectivity index (χ3v) is 7.88. The van der Waals surface area contributed by atoms with E-state index in [-0.39, 0.29) is 42.1 Å². The fraction of sp³-hybridized carbons (Fsp3) is 0.400. The number of ether oxygens (including phenoxy) is 1. The van der Waals surface area contributed by atoms with E-state index in [4.69, 9.17) is 4.74 Å². The van der Waals surface area contributed by atoms with Gasteiger partial charge in [-0.05, 0) is 30.9 Å². The molecule has 3 N–H and O–H groups in total. The third-order valence-electron chi connectivity index (χ3n) is 6.16. The van der Waals surface area contributed by atoms with E-state index in [1.54, 1.807) is 7.05 Å². The molecule has 1 aliphatic rings. The van der Waals surface area contributed by atoms with Crippen LogP contribution in [-0.2, 0) is 28.2 Å². The normalized spacial score (nSPS) is 17.5. The van der Waals surface area contributed by atoms with Crippen molar-refractivity contribution < 1.29 is 28.2 Å². The number of sulfonamides is 1. The summed E-state index contributed by atoms with van der Waals surface area (Å²) in [6, 6.07) is 11.0. The summed E-state index contributed by atoms with van der Waals surface area (Å²) in [6.45, 7) is 0.314. The van der Waals surface area contributed by atoms with Crippen molar-refractivity contribution in [1.82, 2.24) is 24.2 Å². The van der Waals surface area contributed by atoms with Crippen molar-refractivity contribution in [3.05, 3.63) is 72.4 Å². The highest BCUT2D eigenvalue weighted by atomic mass is 32.2. The van der Waals surface area contributed by atoms with Gasteiger partial charge in [0.15, 0.2) is 5.03 Å². The minimum absolute atomic E-state index is 0.0254. The number of aliphatic hydroxyl groups is 1. The first-order chi connectivity index (χ1) is 17.7. The lowest BCUT2D eigenvalue weighted by Gasteiger charge is -2.30. The number of nitrogens with zero attached hydrogens (tertiary/aromatic N) is 4. The predicted molar refractivity (Wildman–Crippen MR) is 134 cm³/mol. The molecule has 0 saturated carbocycles. The summed E-state index contributed by atoms with van der Waals surface area (Å²) in [5.41, 5.74) is 0.816. The number of rotatable bonds is 11. The summed E-state index contributed by atoms with van der Waals surface area (Å²) in [6.07, 6.45) is 4.30. The van der Waals surface area contributed by atoms with Crippen LogP contribution in [0.15, 0.2) is 66.2 Å². The van der Waals surface area contributed by atoms with Crippen LogP contribution in [0.25, 0.3) is 0 Å². The van der Waals surface area contributed by atoms with Gasteiger partial charge in [-0.3, -0.25) is 9.78 Å². The Bertz CT molecular complexity index is 1290. The monoisotopic (exact) mass is 529 g/mol. The molecule has 1 aromatic carbocycles. The molecule has 3 aromatic rings. The van der Waals surface area contributed by atoms with Gasteiger partial charge in [-0.25, -0.2) is 13.4 Å². The molecule has 4 rings (SSSR count). The van der Waals surface area contributed by atoms with Crippen LogP contribution in [0.5, 0.6) is 5.75 Å². The molecule has 2 unspecified atom stereocenters. The lowest BCUT2D eigenvalue weighted by molar-refractivity contribution is 0.0623. The maximum Gasteiger partial charge on any atom is 0.270 e. The summed E-state index contributed by atoms with van der Waals surface area (Å²) in [5, 5.41) is 23.7. The molecule has 3 heterocycles. The zero-order chi connectivity index (χ0) is 26.4. The fourth-order valence-electron chi connectivity index (χ4n) is 4.21. The molecular formula is C25H31N5O6S. The molecule has 1 fully saturated rings. The van der Waals surface area contributed by atoms with E-state index in [9.17, 15) is 23.4 Å². The van der Waals surface area contributed by atoms with Crippen molar-refractivity contribution in [2.45, 2.75) is 42.5 Å². The van der Waals surface area contributed by atoms with Crippen LogP contribution in [-0.4, -0.2) is 81.3 Å². The summed E-state index contributed by atoms with van der Waals surface area (Å²) in [4.78, 5) is 20.9. The molecule has 3 atom stereocenters. The van der Waals surface area contributed by atoms with Crippen LogP contribution in [0.1, 0.15) is 28.9 Å². The second kappa shape index (κ2) is 11.8. The molecule has 198 valence electrons. The highest BCUT2D eigenvalue weighted by Crippen LogP contribution is 2.21. The number of aromatic nitrogens is 3. The summed E-state index contributed by atoms with van der Waals surface area (Å²) in [7, 11) is -2.38. The number of imidazole rings is 1. The van der Waals surface area contributed by atoms with Gasteiger partial charge in [0.2, 0.25) is 0 Å². The van der Waals surface area contributed by atoms with Gasteiger partial charge in [0.05, 0.1) is 24.6 Å². The molecule has 0 aliphatic carbocycles. The van der Waals surface area contributed by atoms with E-state index in [2.05, 4.69) is 15.3 Å². The van der Waals surface area contributed by atoms with Gasteiger partial charge in [0.1, 0.15) is 11.4 Å². The zero-order valence-corrected chi connectivity index (χ0v) is 21.3. The fourth-order valence-corrected chi connectivity index (χ4v) is 5.67. The minimum atomic E-state index is -4.05. The Morgan fingerprint density at radius 1 is 1.27 bits per heavy atom. The lowest BCUT2D eigenvalue weighted by Crippen LogP contribution is -2.51. The van der Waals surface area contributed by atoms with Gasteiger partial charge in [-0.2, -0.15) is 4.31 Å². The zero-order valence-electron chi connectivity index (χ0n) is 20.5. The minimum Gasteiger partial charge on any atom is -0.508 e. The second-order valence-electron chi connectivity index (χ2n) is 9.07. The predicted octanol–water partition coefficient (Wildman–Crippen LogP) is 1.09. The van der Waals surface area contributed by atoms with Crippen molar-refractivity contribution in [3.63, 3.8) is 0 Å². The number of carbonyl (C=O) groups excluding carboxylic acids is 1. The highest BCUT2D eigenvalue weighted by Gasteiger charge is 2.34. The maximum absolute atomic E-state index is 13.5. The molecule has 0 bridgehead atoms. The van der Waals surface area contributed by atoms with E-state index in [0.717, 1.165) is 12.0 Å². The standard InChI is InChI=1S/C25H31N5O6S/c1-29-16-24(27-17-29)37(34,35)30(14-20-8-5-11-36-20)15-23(32)21(12-18-6-3-2-4-7-18)28-25(33)22-13-19(31)9-10-26-22/h2-4,6-7,9-10,13,16-17,20-21,23,32H,5,8,11-12,14-15H2,1H3,(H,26,31)(H,28,33)/t20-,21?,23?/m1/s1. The van der Waals surface area contributed by atoms with Crippen LogP contribution in [0.3, 0.4) is 0 Å². The average molecular weight is 530 g/mol. The number of benzene rings is 1. The quantitative estimate of drug-likeness (QED) is 0.335. The number of aliphatic hydroxyl groups excluding tert-OH is 1. The number of pyridine rings is 1. The van der Waals surface area contributed by atoms with Crippen molar-refractivity contribution in [2.75, 3.05) is 19.7 Å². The molecule has 1 amide bonds. The van der Waals surface area contributed by atoms with Gasteiger partial charge in [-0.15, -0.1) is 0 Å². The van der Waals surface area contributed by atoms with Crippen LogP contribution in [0, 0.1) is 0 Å². The molecule has 0 spiro atoms. The lowest BCUT2D eigenvalue weighted by atomic mass is 10.0. The molecular weight excluding hydrogens is 498 g/mol. The van der Waals surface area contributed by atoms with Gasteiger partial charge in [0.25, 0.3) is 15.9 Å². The first-order valence-corrected chi connectivity index (χ1v) is 13.4. The number of hydrogen-bond donors (Lipinski definition) is 3. The Morgan fingerprint density at radius 2 is 2.05 bits per heavy atom. The van der Waals surface area contributed by atoms with Crippen molar-refractivity contribution >= 4 is 15.9 Å².